The number of hydrogen-bond donors (Lipinski definition) is 0. The van der Waals surface area contributed by atoms with Gasteiger partial charge in [0.1, 0.15) is 0 Å². The Bertz CT molecular complexity index is 961. The Morgan fingerprint density at radius 2 is 2.28 bits per heavy atom. The molecule has 0 spiro atoms. The van der Waals surface area contributed by atoms with Gasteiger partial charge in [-0.2, -0.15) is 0 Å². The Morgan fingerprint density at radius 1 is 1.36 bits per heavy atom. The van der Waals surface area contributed by atoms with E-state index in [1.807, 2.05) is 39.4 Å². The van der Waals surface area contributed by atoms with Crippen LogP contribution < -0.4 is 0 Å². The van der Waals surface area contributed by atoms with Gasteiger partial charge in [0, 0.05) is 25.7 Å². The summed E-state index contributed by atoms with van der Waals surface area (Å²) in [5.41, 5.74) is 3.48. The fraction of sp³-hybridized carbons (Fsp3) is 0.412. The van der Waals surface area contributed by atoms with E-state index in [-0.39, 0.29) is 18.1 Å². The third-order valence-electron chi connectivity index (χ3n) is 5.19. The van der Waals surface area contributed by atoms with Crippen molar-refractivity contribution in [3.63, 3.8) is 0 Å². The van der Waals surface area contributed by atoms with Crippen molar-refractivity contribution in [2.75, 3.05) is 13.1 Å². The molecule has 2 atom stereocenters. The number of piperidine rings is 1. The summed E-state index contributed by atoms with van der Waals surface area (Å²) in [4.78, 5) is 19.2. The van der Waals surface area contributed by atoms with Crippen LogP contribution >= 0.6 is 0 Å². The van der Waals surface area contributed by atoms with E-state index in [4.69, 9.17) is 4.74 Å². The van der Waals surface area contributed by atoms with Crippen LogP contribution in [0, 0.1) is 0 Å². The van der Waals surface area contributed by atoms with Crippen LogP contribution in [0.4, 0.5) is 0 Å². The zero-order valence-corrected chi connectivity index (χ0v) is 13.9. The fourth-order valence-corrected chi connectivity index (χ4v) is 3.82. The van der Waals surface area contributed by atoms with Gasteiger partial charge >= 0.3 is 0 Å². The maximum absolute atomic E-state index is 13.0. The predicted octanol–water partition coefficient (Wildman–Crippen LogP) is 1.15. The minimum atomic E-state index is 0.0261. The molecule has 2 aliphatic heterocycles. The molecule has 0 saturated carbocycles. The minimum absolute atomic E-state index is 0.0261. The third-order valence-corrected chi connectivity index (χ3v) is 5.19. The molecule has 0 bridgehead atoms. The number of imidazole rings is 1. The number of likely N-dealkylation sites (tertiary alicyclic amines) is 1. The van der Waals surface area contributed by atoms with Gasteiger partial charge < -0.3 is 14.2 Å². The average molecular weight is 338 g/mol. The number of amides is 1. The third kappa shape index (κ3) is 2.25. The number of carbonyl (C=O) groups excluding carboxylic acids is 1. The molecule has 1 fully saturated rings. The van der Waals surface area contributed by atoms with Gasteiger partial charge in [-0.15, -0.1) is 5.10 Å². The number of benzene rings is 1. The summed E-state index contributed by atoms with van der Waals surface area (Å²) in [6.45, 7) is 1.81. The van der Waals surface area contributed by atoms with Crippen LogP contribution in [0.25, 0.3) is 11.0 Å². The number of rotatable bonds is 1. The predicted molar refractivity (Wildman–Crippen MR) is 88.9 cm³/mol. The Labute approximate surface area is 144 Å². The quantitative estimate of drug-likeness (QED) is 0.665. The summed E-state index contributed by atoms with van der Waals surface area (Å²) in [6, 6.07) is 5.71. The maximum atomic E-state index is 13.0. The molecule has 1 aromatic carbocycles. The second kappa shape index (κ2) is 5.38. The van der Waals surface area contributed by atoms with Crippen LogP contribution in [0.15, 0.2) is 30.7 Å². The lowest BCUT2D eigenvalue weighted by atomic mass is 9.99. The Hall–Kier alpha value is -2.74. The first-order valence-electron chi connectivity index (χ1n) is 8.42. The molecule has 2 aromatic heterocycles. The molecule has 0 aliphatic carbocycles. The summed E-state index contributed by atoms with van der Waals surface area (Å²) >= 11 is 0. The van der Waals surface area contributed by atoms with Crippen LogP contribution in [-0.4, -0.2) is 54.5 Å². The zero-order valence-electron chi connectivity index (χ0n) is 13.9. The van der Waals surface area contributed by atoms with Crippen molar-refractivity contribution in [3.8, 4) is 0 Å². The molecule has 1 saturated heterocycles. The number of aryl methyl sites for hydroxylation is 1. The number of hydrogen-bond acceptors (Lipinski definition) is 5. The van der Waals surface area contributed by atoms with Gasteiger partial charge in [-0.1, -0.05) is 5.21 Å². The van der Waals surface area contributed by atoms with Crippen LogP contribution in [0.1, 0.15) is 28.5 Å². The normalized spacial score (nSPS) is 22.7. The van der Waals surface area contributed by atoms with E-state index < -0.39 is 0 Å². The van der Waals surface area contributed by atoms with Crippen LogP contribution in [0.3, 0.4) is 0 Å². The van der Waals surface area contributed by atoms with Gasteiger partial charge in [0.25, 0.3) is 5.91 Å². The molecule has 3 aromatic rings. The SMILES string of the molecule is Cn1cnc2cc(C(=O)N3CC[C@@H]4OCc5cnnn5[C@@H]4C3)ccc21. The van der Waals surface area contributed by atoms with Crippen LogP contribution in [-0.2, 0) is 18.4 Å². The second-order valence-electron chi connectivity index (χ2n) is 6.69. The summed E-state index contributed by atoms with van der Waals surface area (Å²) in [5.74, 6) is 0.0261. The highest BCUT2D eigenvalue weighted by Gasteiger charge is 2.38. The molecule has 4 heterocycles. The molecule has 0 N–H and O–H groups in total. The number of fused-ring (bicyclic) bond motifs is 4. The summed E-state index contributed by atoms with van der Waals surface area (Å²) in [5, 5.41) is 8.17. The van der Waals surface area contributed by atoms with E-state index in [1.54, 1.807) is 12.5 Å². The van der Waals surface area contributed by atoms with Gasteiger partial charge in [-0.25, -0.2) is 9.67 Å². The average Bonchev–Trinajstić information content (AvgIpc) is 3.27. The van der Waals surface area contributed by atoms with Gasteiger partial charge in [0.2, 0.25) is 0 Å². The molecule has 25 heavy (non-hydrogen) atoms. The molecule has 2 aliphatic rings. The number of nitrogens with zero attached hydrogens (tertiary/aromatic N) is 6. The Kier molecular flexibility index (Phi) is 3.14. The second-order valence-corrected chi connectivity index (χ2v) is 6.69. The number of aromatic nitrogens is 5. The van der Waals surface area contributed by atoms with Crippen molar-refractivity contribution in [3.05, 3.63) is 42.0 Å². The van der Waals surface area contributed by atoms with E-state index in [0.717, 1.165) is 23.1 Å². The fourth-order valence-electron chi connectivity index (χ4n) is 3.82. The lowest BCUT2D eigenvalue weighted by Gasteiger charge is -2.41. The van der Waals surface area contributed by atoms with Gasteiger partial charge in [0.15, 0.2) is 0 Å². The summed E-state index contributed by atoms with van der Waals surface area (Å²) in [6.07, 6.45) is 4.39. The highest BCUT2D eigenvalue weighted by Crippen LogP contribution is 2.30. The molecule has 0 unspecified atom stereocenters. The first kappa shape index (κ1) is 14.6. The lowest BCUT2D eigenvalue weighted by Crippen LogP contribution is -2.49. The monoisotopic (exact) mass is 338 g/mol. The molecule has 128 valence electrons. The molecule has 0 radical (unpaired) electrons. The van der Waals surface area contributed by atoms with Crippen LogP contribution in [0.2, 0.25) is 0 Å². The Balaban J connectivity index is 1.42. The molecular weight excluding hydrogens is 320 g/mol. The lowest BCUT2D eigenvalue weighted by molar-refractivity contribution is -0.0605. The van der Waals surface area contributed by atoms with Gasteiger partial charge in [0.05, 0.1) is 48.0 Å². The topological polar surface area (TPSA) is 78.1 Å². The van der Waals surface area contributed by atoms with Crippen LogP contribution in [0.5, 0.6) is 0 Å². The Morgan fingerprint density at radius 3 is 3.20 bits per heavy atom. The van der Waals surface area contributed by atoms with Crippen molar-refractivity contribution in [1.29, 1.82) is 0 Å². The standard InChI is InChI=1S/C17H18N6O2/c1-21-10-18-13-6-11(2-3-14(13)21)17(24)22-5-4-16-15(8-22)23-12(9-25-16)7-19-20-23/h2-3,6-7,10,15-16H,4-5,8-9H2,1H3/t15-,16+/m1/s1. The number of ether oxygens (including phenoxy) is 1. The van der Waals surface area contributed by atoms with Crippen molar-refractivity contribution >= 4 is 16.9 Å². The maximum Gasteiger partial charge on any atom is 0.254 e. The van der Waals surface area contributed by atoms with Crippen molar-refractivity contribution < 1.29 is 9.53 Å². The van der Waals surface area contributed by atoms with Gasteiger partial charge in [-0.05, 0) is 24.6 Å². The molecule has 8 heteroatoms. The first-order chi connectivity index (χ1) is 12.2. The van der Waals surface area contributed by atoms with E-state index in [2.05, 4.69) is 15.3 Å². The highest BCUT2D eigenvalue weighted by atomic mass is 16.5. The summed E-state index contributed by atoms with van der Waals surface area (Å²) < 4.78 is 9.77. The van der Waals surface area contributed by atoms with E-state index >= 15 is 0 Å². The zero-order chi connectivity index (χ0) is 17.0. The largest absolute Gasteiger partial charge is 0.370 e. The highest BCUT2D eigenvalue weighted by molar-refractivity contribution is 5.97. The molecule has 1 amide bonds. The minimum Gasteiger partial charge on any atom is -0.370 e. The molecular formula is C17H18N6O2. The number of carbonyl (C=O) groups is 1. The van der Waals surface area contributed by atoms with Gasteiger partial charge in [-0.3, -0.25) is 4.79 Å². The van der Waals surface area contributed by atoms with Crippen molar-refractivity contribution in [2.45, 2.75) is 25.2 Å². The van der Waals surface area contributed by atoms with E-state index in [1.165, 1.54) is 0 Å². The smallest absolute Gasteiger partial charge is 0.254 e. The van der Waals surface area contributed by atoms with E-state index in [0.29, 0.717) is 25.3 Å². The van der Waals surface area contributed by atoms with E-state index in [9.17, 15) is 4.79 Å². The van der Waals surface area contributed by atoms with Crippen molar-refractivity contribution in [1.82, 2.24) is 29.4 Å². The molecule has 8 nitrogen and oxygen atoms in total. The molecule has 5 rings (SSSR count). The summed E-state index contributed by atoms with van der Waals surface area (Å²) in [7, 11) is 1.94. The van der Waals surface area contributed by atoms with Crippen molar-refractivity contribution in [2.24, 2.45) is 7.05 Å². The first-order valence-corrected chi connectivity index (χ1v) is 8.42.